The second-order valence-electron chi connectivity index (χ2n) is 6.44. The van der Waals surface area contributed by atoms with E-state index in [9.17, 15) is 14.7 Å². The van der Waals surface area contributed by atoms with E-state index in [1.807, 2.05) is 42.5 Å². The van der Waals surface area contributed by atoms with Crippen molar-refractivity contribution in [2.24, 2.45) is 0 Å². The van der Waals surface area contributed by atoms with Gasteiger partial charge in [-0.2, -0.15) is 0 Å². The molecule has 0 bridgehead atoms. The van der Waals surface area contributed by atoms with Crippen molar-refractivity contribution in [2.75, 3.05) is 11.9 Å². The number of carbonyl (C=O) groups is 2. The smallest absolute Gasteiger partial charge is 0.266 e. The SMILES string of the molecule is O=C(CCCN1C(=O)C(=CC=Cc2ccccc2)SC1=S)Nc1cc(Cl)ccc1O. The molecule has 2 N–H and O–H groups in total. The molecule has 1 saturated heterocycles. The van der Waals surface area contributed by atoms with Crippen LogP contribution in [0.25, 0.3) is 6.08 Å². The van der Waals surface area contributed by atoms with Gasteiger partial charge in [0.15, 0.2) is 0 Å². The Bertz CT molecular complexity index is 1020. The molecule has 1 heterocycles. The molecule has 0 aromatic heterocycles. The van der Waals surface area contributed by atoms with Gasteiger partial charge in [0.1, 0.15) is 10.1 Å². The molecular weight excluding hydrogens is 440 g/mol. The van der Waals surface area contributed by atoms with Crippen LogP contribution in [0.2, 0.25) is 5.02 Å². The Hall–Kier alpha value is -2.61. The molecule has 1 aliphatic rings. The van der Waals surface area contributed by atoms with Gasteiger partial charge in [0.05, 0.1) is 10.6 Å². The van der Waals surface area contributed by atoms with Gasteiger partial charge in [0.2, 0.25) is 5.91 Å². The minimum atomic E-state index is -0.278. The molecule has 1 fully saturated rings. The Morgan fingerprint density at radius 2 is 2.00 bits per heavy atom. The van der Waals surface area contributed by atoms with Crippen LogP contribution in [0.3, 0.4) is 0 Å². The minimum Gasteiger partial charge on any atom is -0.506 e. The minimum absolute atomic E-state index is 0.0571. The van der Waals surface area contributed by atoms with Crippen LogP contribution >= 0.6 is 35.6 Å². The molecule has 0 spiro atoms. The summed E-state index contributed by atoms with van der Waals surface area (Å²) < 4.78 is 0.479. The Morgan fingerprint density at radius 1 is 1.23 bits per heavy atom. The number of rotatable bonds is 7. The summed E-state index contributed by atoms with van der Waals surface area (Å²) in [5, 5.41) is 12.8. The van der Waals surface area contributed by atoms with Crippen LogP contribution < -0.4 is 5.32 Å². The summed E-state index contributed by atoms with van der Waals surface area (Å²) in [5.74, 6) is -0.492. The number of thiocarbonyl (C=S) groups is 1. The number of allylic oxidation sites excluding steroid dienone is 2. The first-order valence-electron chi connectivity index (χ1n) is 9.19. The molecule has 2 aromatic rings. The van der Waals surface area contributed by atoms with Crippen LogP contribution in [0, 0.1) is 0 Å². The molecule has 0 radical (unpaired) electrons. The molecule has 0 atom stereocenters. The van der Waals surface area contributed by atoms with E-state index in [0.29, 0.717) is 27.2 Å². The van der Waals surface area contributed by atoms with E-state index >= 15 is 0 Å². The fraction of sp³-hybridized carbons (Fsp3) is 0.136. The fourth-order valence-electron chi connectivity index (χ4n) is 2.74. The molecule has 0 unspecified atom stereocenters. The second kappa shape index (κ2) is 10.4. The monoisotopic (exact) mass is 458 g/mol. The lowest BCUT2D eigenvalue weighted by molar-refractivity contribution is -0.122. The number of amides is 2. The summed E-state index contributed by atoms with van der Waals surface area (Å²) in [6.45, 7) is 0.347. The first-order valence-corrected chi connectivity index (χ1v) is 10.8. The fourth-order valence-corrected chi connectivity index (χ4v) is 4.17. The maximum atomic E-state index is 12.6. The number of anilines is 1. The number of aromatic hydroxyl groups is 1. The highest BCUT2D eigenvalue weighted by Gasteiger charge is 2.31. The van der Waals surface area contributed by atoms with Crippen molar-refractivity contribution < 1.29 is 14.7 Å². The van der Waals surface area contributed by atoms with E-state index in [2.05, 4.69) is 5.32 Å². The van der Waals surface area contributed by atoms with Crippen LogP contribution in [-0.2, 0) is 9.59 Å². The van der Waals surface area contributed by atoms with E-state index < -0.39 is 0 Å². The van der Waals surface area contributed by atoms with Gasteiger partial charge in [-0.15, -0.1) is 0 Å². The summed E-state index contributed by atoms with van der Waals surface area (Å²) in [6.07, 6.45) is 6.11. The summed E-state index contributed by atoms with van der Waals surface area (Å²) in [6, 6.07) is 14.2. The third-order valence-electron chi connectivity index (χ3n) is 4.23. The zero-order valence-corrected chi connectivity index (χ0v) is 18.3. The maximum Gasteiger partial charge on any atom is 0.266 e. The molecule has 154 valence electrons. The number of thioether (sulfide) groups is 1. The molecule has 1 aliphatic heterocycles. The van der Waals surface area contributed by atoms with Gasteiger partial charge in [-0.25, -0.2) is 0 Å². The predicted octanol–water partition coefficient (Wildman–Crippen LogP) is 5.22. The van der Waals surface area contributed by atoms with Crippen LogP contribution in [-0.4, -0.2) is 32.7 Å². The highest BCUT2D eigenvalue weighted by molar-refractivity contribution is 8.26. The van der Waals surface area contributed by atoms with Crippen molar-refractivity contribution in [3.8, 4) is 5.75 Å². The number of phenolic OH excluding ortho intramolecular Hbond substituents is 1. The Kier molecular flexibility index (Phi) is 7.68. The number of benzene rings is 2. The number of carbonyl (C=O) groups excluding carboxylic acids is 2. The lowest BCUT2D eigenvalue weighted by Crippen LogP contribution is -2.29. The van der Waals surface area contributed by atoms with Crippen molar-refractivity contribution in [3.63, 3.8) is 0 Å². The first-order chi connectivity index (χ1) is 14.4. The molecule has 2 aromatic carbocycles. The van der Waals surface area contributed by atoms with E-state index in [0.717, 1.165) is 5.56 Å². The van der Waals surface area contributed by atoms with Crippen LogP contribution in [0.15, 0.2) is 65.6 Å². The lowest BCUT2D eigenvalue weighted by Gasteiger charge is -2.14. The molecule has 5 nitrogen and oxygen atoms in total. The molecule has 2 amide bonds. The average molecular weight is 459 g/mol. The molecular formula is C22H19ClN2O3S2. The number of hydrogen-bond acceptors (Lipinski definition) is 5. The van der Waals surface area contributed by atoms with Crippen molar-refractivity contribution in [1.29, 1.82) is 0 Å². The first kappa shape index (κ1) is 22.1. The van der Waals surface area contributed by atoms with Gasteiger partial charge < -0.3 is 10.4 Å². The van der Waals surface area contributed by atoms with Crippen LogP contribution in [0.1, 0.15) is 18.4 Å². The molecule has 8 heteroatoms. The highest BCUT2D eigenvalue weighted by Crippen LogP contribution is 2.31. The zero-order valence-electron chi connectivity index (χ0n) is 15.9. The topological polar surface area (TPSA) is 69.6 Å². The molecule has 30 heavy (non-hydrogen) atoms. The van der Waals surface area contributed by atoms with Gasteiger partial charge >= 0.3 is 0 Å². The normalized spacial score (nSPS) is 15.4. The Balaban J connectivity index is 1.50. The standard InChI is InChI=1S/C22H19ClN2O3S2/c23-16-11-12-18(26)17(14-16)24-20(27)10-5-13-25-21(28)19(30-22(25)29)9-4-8-15-6-2-1-3-7-15/h1-4,6-9,11-12,14,26H,5,10,13H2,(H,24,27). The van der Waals surface area contributed by atoms with Crippen LogP contribution in [0.5, 0.6) is 5.75 Å². The van der Waals surface area contributed by atoms with Gasteiger partial charge in [0.25, 0.3) is 5.91 Å². The second-order valence-corrected chi connectivity index (χ2v) is 8.55. The Morgan fingerprint density at radius 3 is 2.77 bits per heavy atom. The predicted molar refractivity (Wildman–Crippen MR) is 126 cm³/mol. The lowest BCUT2D eigenvalue weighted by atomic mass is 10.2. The van der Waals surface area contributed by atoms with Gasteiger partial charge in [-0.3, -0.25) is 14.5 Å². The van der Waals surface area contributed by atoms with Crippen molar-refractivity contribution in [1.82, 2.24) is 4.90 Å². The van der Waals surface area contributed by atoms with Gasteiger partial charge in [0, 0.05) is 18.0 Å². The van der Waals surface area contributed by atoms with Crippen molar-refractivity contribution in [3.05, 3.63) is 76.2 Å². The summed E-state index contributed by atoms with van der Waals surface area (Å²) in [4.78, 5) is 26.8. The number of nitrogens with zero attached hydrogens (tertiary/aromatic N) is 1. The molecule has 0 aliphatic carbocycles. The van der Waals surface area contributed by atoms with E-state index in [4.69, 9.17) is 23.8 Å². The largest absolute Gasteiger partial charge is 0.506 e. The maximum absolute atomic E-state index is 12.6. The molecule has 3 rings (SSSR count). The zero-order chi connectivity index (χ0) is 21.5. The number of nitrogens with one attached hydrogen (secondary N) is 1. The van der Waals surface area contributed by atoms with Crippen molar-refractivity contribution >= 4 is 63.5 Å². The Labute approximate surface area is 189 Å². The molecule has 0 saturated carbocycles. The quantitative estimate of drug-likeness (QED) is 0.338. The number of halogens is 1. The number of hydrogen-bond donors (Lipinski definition) is 2. The third kappa shape index (κ3) is 5.95. The van der Waals surface area contributed by atoms with E-state index in [-0.39, 0.29) is 29.7 Å². The van der Waals surface area contributed by atoms with E-state index in [1.54, 1.807) is 6.08 Å². The van der Waals surface area contributed by atoms with Crippen LogP contribution in [0.4, 0.5) is 5.69 Å². The summed E-state index contributed by atoms with van der Waals surface area (Å²) in [7, 11) is 0. The average Bonchev–Trinajstić information content (AvgIpc) is 2.99. The third-order valence-corrected chi connectivity index (χ3v) is 5.86. The summed E-state index contributed by atoms with van der Waals surface area (Å²) in [5.41, 5.74) is 1.30. The van der Waals surface area contributed by atoms with Crippen molar-refractivity contribution in [2.45, 2.75) is 12.8 Å². The van der Waals surface area contributed by atoms with E-state index in [1.165, 1.54) is 34.9 Å². The van der Waals surface area contributed by atoms with Gasteiger partial charge in [-0.05, 0) is 36.3 Å². The summed E-state index contributed by atoms with van der Waals surface area (Å²) >= 11 is 12.4. The number of phenols is 1. The van der Waals surface area contributed by atoms with Gasteiger partial charge in [-0.1, -0.05) is 78.1 Å². The highest BCUT2D eigenvalue weighted by atomic mass is 35.5.